The minimum Gasteiger partial charge on any atom is -0.334 e. The molecular formula is C15H17ClN4O3S. The predicted octanol–water partition coefficient (Wildman–Crippen LogP) is 1.87. The first-order valence-electron chi connectivity index (χ1n) is 7.48. The van der Waals surface area contributed by atoms with E-state index in [1.807, 2.05) is 24.6 Å². The van der Waals surface area contributed by atoms with Crippen molar-refractivity contribution < 1.29 is 13.2 Å². The van der Waals surface area contributed by atoms with Crippen LogP contribution in [0.5, 0.6) is 0 Å². The van der Waals surface area contributed by atoms with Gasteiger partial charge >= 0.3 is 0 Å². The lowest BCUT2D eigenvalue weighted by molar-refractivity contribution is -0.124. The molecule has 128 valence electrons. The van der Waals surface area contributed by atoms with E-state index in [0.717, 1.165) is 11.5 Å². The van der Waals surface area contributed by atoms with Crippen LogP contribution in [0.1, 0.15) is 30.8 Å². The van der Waals surface area contributed by atoms with Gasteiger partial charge in [0.2, 0.25) is 5.91 Å². The second kappa shape index (κ2) is 6.18. The average molecular weight is 369 g/mol. The van der Waals surface area contributed by atoms with E-state index in [1.165, 1.54) is 18.3 Å². The molecule has 24 heavy (non-hydrogen) atoms. The first kappa shape index (κ1) is 16.9. The Morgan fingerprint density at radius 3 is 2.92 bits per heavy atom. The van der Waals surface area contributed by atoms with Crippen LogP contribution < -0.4 is 4.72 Å². The normalized spacial score (nSPS) is 20.5. The summed E-state index contributed by atoms with van der Waals surface area (Å²) in [5, 5.41) is 0.0511. The quantitative estimate of drug-likeness (QED) is 0.834. The van der Waals surface area contributed by atoms with Crippen molar-refractivity contribution in [1.82, 2.24) is 19.3 Å². The highest BCUT2D eigenvalue weighted by atomic mass is 35.5. The molecule has 0 bridgehead atoms. The Morgan fingerprint density at radius 2 is 2.21 bits per heavy atom. The van der Waals surface area contributed by atoms with E-state index in [2.05, 4.69) is 14.7 Å². The third-order valence-electron chi connectivity index (χ3n) is 4.04. The van der Waals surface area contributed by atoms with E-state index in [0.29, 0.717) is 13.0 Å². The second-order valence-corrected chi connectivity index (χ2v) is 8.08. The van der Waals surface area contributed by atoms with Gasteiger partial charge in [0.15, 0.2) is 0 Å². The molecule has 0 aromatic carbocycles. The Morgan fingerprint density at radius 1 is 1.46 bits per heavy atom. The monoisotopic (exact) mass is 368 g/mol. The lowest BCUT2D eigenvalue weighted by Gasteiger charge is -2.27. The molecule has 2 atom stereocenters. The number of amides is 1. The van der Waals surface area contributed by atoms with Gasteiger partial charge in [0.1, 0.15) is 11.0 Å². The number of pyridine rings is 1. The summed E-state index contributed by atoms with van der Waals surface area (Å²) in [5.74, 6) is 0.0570. The standard InChI is InChI=1S/C15H17ClN4O3S/c1-9-5-11(8-20-7-10(2)18-14(9)20)15(21)19-24(22,23)12-3-4-17-13(16)6-12/h3-4,6-7,9,11H,5,8H2,1-2H3,(H,19,21)/t9-,11+/m1/s1. The van der Waals surface area contributed by atoms with Crippen LogP contribution in [-0.4, -0.2) is 28.9 Å². The highest BCUT2D eigenvalue weighted by Gasteiger charge is 2.32. The van der Waals surface area contributed by atoms with Crippen LogP contribution in [0.3, 0.4) is 0 Å². The average Bonchev–Trinajstić information content (AvgIpc) is 2.88. The SMILES string of the molecule is Cc1cn2c(n1)[C@H](C)C[C@H](C(=O)NS(=O)(=O)c1ccnc(Cl)c1)C2. The third kappa shape index (κ3) is 3.29. The third-order valence-corrected chi connectivity index (χ3v) is 5.59. The van der Waals surface area contributed by atoms with E-state index < -0.39 is 21.8 Å². The van der Waals surface area contributed by atoms with E-state index in [-0.39, 0.29) is 16.0 Å². The molecule has 1 amide bonds. The maximum Gasteiger partial charge on any atom is 0.264 e. The number of aromatic nitrogens is 3. The summed E-state index contributed by atoms with van der Waals surface area (Å²) in [4.78, 5) is 20.6. The second-order valence-electron chi connectivity index (χ2n) is 6.01. The summed E-state index contributed by atoms with van der Waals surface area (Å²) in [6.45, 7) is 4.29. The molecule has 1 aliphatic rings. The molecule has 9 heteroatoms. The topological polar surface area (TPSA) is 94.0 Å². The Hall–Kier alpha value is -1.93. The van der Waals surface area contributed by atoms with Crippen LogP contribution in [0.15, 0.2) is 29.4 Å². The minimum absolute atomic E-state index is 0.0511. The number of carbonyl (C=O) groups excluding carboxylic acids is 1. The summed E-state index contributed by atoms with van der Waals surface area (Å²) in [5.41, 5.74) is 0.886. The molecule has 2 aromatic rings. The van der Waals surface area contributed by atoms with Crippen molar-refractivity contribution in [2.24, 2.45) is 5.92 Å². The number of sulfonamides is 1. The maximum atomic E-state index is 12.5. The van der Waals surface area contributed by atoms with Gasteiger partial charge in [-0.2, -0.15) is 0 Å². The molecule has 0 aliphatic carbocycles. The fourth-order valence-electron chi connectivity index (χ4n) is 2.97. The van der Waals surface area contributed by atoms with Gasteiger partial charge in [-0.15, -0.1) is 0 Å². The van der Waals surface area contributed by atoms with Gasteiger partial charge in [0.05, 0.1) is 16.5 Å². The molecule has 1 aliphatic heterocycles. The molecule has 1 N–H and O–H groups in total. The molecule has 3 rings (SSSR count). The molecule has 0 spiro atoms. The van der Waals surface area contributed by atoms with Crippen molar-refractivity contribution >= 4 is 27.5 Å². The summed E-state index contributed by atoms with van der Waals surface area (Å²) >= 11 is 5.72. The van der Waals surface area contributed by atoms with Gasteiger partial charge in [-0.05, 0) is 25.5 Å². The number of halogens is 1. The number of imidazole rings is 1. The smallest absolute Gasteiger partial charge is 0.264 e. The van der Waals surface area contributed by atoms with E-state index in [1.54, 1.807) is 0 Å². The zero-order valence-corrected chi connectivity index (χ0v) is 14.8. The summed E-state index contributed by atoms with van der Waals surface area (Å²) < 4.78 is 28.7. The molecule has 0 saturated heterocycles. The summed E-state index contributed by atoms with van der Waals surface area (Å²) in [6, 6.07) is 2.50. The van der Waals surface area contributed by atoms with Crippen LogP contribution >= 0.6 is 11.6 Å². The van der Waals surface area contributed by atoms with E-state index in [4.69, 9.17) is 11.6 Å². The highest BCUT2D eigenvalue weighted by molar-refractivity contribution is 7.90. The molecular weight excluding hydrogens is 352 g/mol. The van der Waals surface area contributed by atoms with Crippen molar-refractivity contribution in [2.75, 3.05) is 0 Å². The van der Waals surface area contributed by atoms with Gasteiger partial charge in [-0.1, -0.05) is 18.5 Å². The summed E-state index contributed by atoms with van der Waals surface area (Å²) in [7, 11) is -3.97. The van der Waals surface area contributed by atoms with Crippen LogP contribution in [0, 0.1) is 12.8 Å². The predicted molar refractivity (Wildman–Crippen MR) is 88.1 cm³/mol. The van der Waals surface area contributed by atoms with Crippen molar-refractivity contribution in [3.63, 3.8) is 0 Å². The first-order chi connectivity index (χ1) is 11.3. The van der Waals surface area contributed by atoms with Gasteiger partial charge in [0.25, 0.3) is 10.0 Å². The Bertz CT molecular complexity index is 894. The summed E-state index contributed by atoms with van der Waals surface area (Å²) in [6.07, 6.45) is 3.71. The Kier molecular flexibility index (Phi) is 4.35. The van der Waals surface area contributed by atoms with Crippen LogP contribution in [-0.2, 0) is 21.4 Å². The Balaban J connectivity index is 1.78. The van der Waals surface area contributed by atoms with Crippen molar-refractivity contribution in [1.29, 1.82) is 0 Å². The van der Waals surface area contributed by atoms with Crippen LogP contribution in [0.2, 0.25) is 5.15 Å². The highest BCUT2D eigenvalue weighted by Crippen LogP contribution is 2.30. The number of hydrogen-bond donors (Lipinski definition) is 1. The van der Waals surface area contributed by atoms with Crippen molar-refractivity contribution in [3.05, 3.63) is 41.2 Å². The van der Waals surface area contributed by atoms with Gasteiger partial charge in [-0.25, -0.2) is 23.1 Å². The molecule has 7 nitrogen and oxygen atoms in total. The first-order valence-corrected chi connectivity index (χ1v) is 9.34. The largest absolute Gasteiger partial charge is 0.334 e. The van der Waals surface area contributed by atoms with Crippen molar-refractivity contribution in [2.45, 2.75) is 37.6 Å². The lowest BCUT2D eigenvalue weighted by atomic mass is 9.91. The van der Waals surface area contributed by atoms with Crippen molar-refractivity contribution in [3.8, 4) is 0 Å². The minimum atomic E-state index is -3.97. The number of carbonyl (C=O) groups is 1. The van der Waals surface area contributed by atoms with E-state index >= 15 is 0 Å². The number of nitrogens with zero attached hydrogens (tertiary/aromatic N) is 3. The van der Waals surface area contributed by atoms with Gasteiger partial charge in [0, 0.05) is 24.9 Å². The number of nitrogens with one attached hydrogen (secondary N) is 1. The zero-order valence-electron chi connectivity index (χ0n) is 13.2. The molecule has 2 aromatic heterocycles. The molecule has 0 fully saturated rings. The molecule has 0 unspecified atom stereocenters. The molecule has 0 saturated carbocycles. The van der Waals surface area contributed by atoms with Crippen LogP contribution in [0.4, 0.5) is 0 Å². The van der Waals surface area contributed by atoms with Crippen LogP contribution in [0.25, 0.3) is 0 Å². The number of hydrogen-bond acceptors (Lipinski definition) is 5. The van der Waals surface area contributed by atoms with Gasteiger partial charge < -0.3 is 4.57 Å². The lowest BCUT2D eigenvalue weighted by Crippen LogP contribution is -2.39. The number of rotatable bonds is 3. The molecule has 0 radical (unpaired) electrons. The fourth-order valence-corrected chi connectivity index (χ4v) is 4.26. The number of aryl methyl sites for hydroxylation is 1. The number of fused-ring (bicyclic) bond motifs is 1. The van der Waals surface area contributed by atoms with Gasteiger partial charge in [-0.3, -0.25) is 4.79 Å². The van der Waals surface area contributed by atoms with E-state index in [9.17, 15) is 13.2 Å². The maximum absolute atomic E-state index is 12.5. The Labute approximate surface area is 145 Å². The fraction of sp³-hybridized carbons (Fsp3) is 0.400. The zero-order chi connectivity index (χ0) is 17.5. The molecule has 3 heterocycles.